The number of fused-ring (bicyclic) bond motifs is 1. The third-order valence-corrected chi connectivity index (χ3v) is 7.95. The number of amides is 1. The van der Waals surface area contributed by atoms with Gasteiger partial charge in [0.05, 0.1) is 44.9 Å². The number of anilines is 1. The number of benzene rings is 2. The summed E-state index contributed by atoms with van der Waals surface area (Å²) in [6, 6.07) is 3.60. The van der Waals surface area contributed by atoms with Gasteiger partial charge in [-0.3, -0.25) is 14.2 Å². The van der Waals surface area contributed by atoms with E-state index in [9.17, 15) is 32.3 Å². The molecule has 1 fully saturated rings. The third kappa shape index (κ3) is 6.39. The molecule has 0 aliphatic carbocycles. The molecule has 246 valence electrons. The van der Waals surface area contributed by atoms with Crippen molar-refractivity contribution >= 4 is 17.6 Å². The molecule has 3 heterocycles. The van der Waals surface area contributed by atoms with Gasteiger partial charge in [0.1, 0.15) is 29.3 Å². The van der Waals surface area contributed by atoms with E-state index in [1.165, 1.54) is 35.9 Å². The lowest BCUT2D eigenvalue weighted by molar-refractivity contribution is -0.167. The van der Waals surface area contributed by atoms with Gasteiger partial charge in [-0.2, -0.15) is 13.2 Å². The molecule has 3 aromatic rings. The van der Waals surface area contributed by atoms with Crippen molar-refractivity contribution in [2.24, 2.45) is 7.05 Å². The molecule has 0 saturated carbocycles. The molecule has 1 amide bonds. The summed E-state index contributed by atoms with van der Waals surface area (Å²) >= 11 is 0. The number of nitrogens with zero attached hydrogens (tertiary/aromatic N) is 3. The second kappa shape index (κ2) is 13.0. The summed E-state index contributed by atoms with van der Waals surface area (Å²) in [6.07, 6.45) is -4.61. The Hall–Kier alpha value is -4.57. The van der Waals surface area contributed by atoms with Crippen molar-refractivity contribution in [3.63, 3.8) is 0 Å². The Kier molecular flexibility index (Phi) is 9.30. The molecule has 0 bridgehead atoms. The van der Waals surface area contributed by atoms with Crippen molar-refractivity contribution in [3.05, 3.63) is 91.3 Å². The molecule has 5 rings (SSSR count). The van der Waals surface area contributed by atoms with Crippen molar-refractivity contribution in [1.29, 1.82) is 0 Å². The highest BCUT2D eigenvalue weighted by molar-refractivity contribution is 5.97. The molecule has 2 aromatic carbocycles. The molecule has 1 saturated heterocycles. The maximum absolute atomic E-state index is 15.1. The van der Waals surface area contributed by atoms with Gasteiger partial charge in [0.25, 0.3) is 11.5 Å². The lowest BCUT2D eigenvalue weighted by Crippen LogP contribution is -2.53. The molecule has 0 radical (unpaired) electrons. The predicted molar refractivity (Wildman–Crippen MR) is 152 cm³/mol. The van der Waals surface area contributed by atoms with Crippen LogP contribution in [0.5, 0.6) is 0 Å². The van der Waals surface area contributed by atoms with Crippen LogP contribution >= 0.6 is 0 Å². The first-order valence-electron chi connectivity index (χ1n) is 14.1. The molecule has 2 atom stereocenters. The van der Waals surface area contributed by atoms with Gasteiger partial charge in [-0.15, -0.1) is 0 Å². The first kappa shape index (κ1) is 32.8. The average molecular weight is 653 g/mol. The third-order valence-electron chi connectivity index (χ3n) is 7.95. The molecule has 2 aliphatic heterocycles. The van der Waals surface area contributed by atoms with Gasteiger partial charge in [-0.05, 0) is 29.8 Å². The maximum atomic E-state index is 15.1. The Bertz CT molecular complexity index is 1750. The summed E-state index contributed by atoms with van der Waals surface area (Å²) < 4.78 is 88.0. The van der Waals surface area contributed by atoms with Crippen LogP contribution in [0.2, 0.25) is 0 Å². The van der Waals surface area contributed by atoms with Gasteiger partial charge in [0.2, 0.25) is 0 Å². The van der Waals surface area contributed by atoms with Crippen molar-refractivity contribution in [2.75, 3.05) is 38.4 Å². The highest BCUT2D eigenvalue weighted by atomic mass is 19.4. The zero-order valence-electron chi connectivity index (χ0n) is 24.7. The lowest BCUT2D eigenvalue weighted by Gasteiger charge is -2.38. The summed E-state index contributed by atoms with van der Waals surface area (Å²) in [7, 11) is 2.58. The van der Waals surface area contributed by atoms with E-state index >= 15 is 8.78 Å². The SMILES string of the molecule is COC(=O)[C@H](Cc1ccc(-n2c(=O)c3c(n(C)c2=O)COCC3)cc1)NC(=O)c1c(F)cc(N2CCOC[C@@H]2C(F)(F)F)cc1F. The van der Waals surface area contributed by atoms with Gasteiger partial charge in [0.15, 0.2) is 0 Å². The van der Waals surface area contributed by atoms with Crippen molar-refractivity contribution in [1.82, 2.24) is 14.5 Å². The molecule has 11 nitrogen and oxygen atoms in total. The summed E-state index contributed by atoms with van der Waals surface area (Å²) in [6.45, 7) is -0.642. The maximum Gasteiger partial charge on any atom is 0.411 e. The van der Waals surface area contributed by atoms with E-state index in [2.05, 4.69) is 5.32 Å². The minimum Gasteiger partial charge on any atom is -0.467 e. The zero-order chi connectivity index (χ0) is 33.3. The van der Waals surface area contributed by atoms with E-state index < -0.39 is 70.9 Å². The first-order valence-corrected chi connectivity index (χ1v) is 14.1. The lowest BCUT2D eigenvalue weighted by atomic mass is 10.0. The molecule has 16 heteroatoms. The number of halogens is 5. The number of carbonyl (C=O) groups is 2. The number of ether oxygens (including phenoxy) is 3. The van der Waals surface area contributed by atoms with Gasteiger partial charge in [-0.1, -0.05) is 12.1 Å². The van der Waals surface area contributed by atoms with Crippen LogP contribution in [-0.2, 0) is 45.5 Å². The number of methoxy groups -OCH3 is 1. The quantitative estimate of drug-likeness (QED) is 0.305. The van der Waals surface area contributed by atoms with E-state index in [1.807, 2.05) is 0 Å². The predicted octanol–water partition coefficient (Wildman–Crippen LogP) is 2.17. The van der Waals surface area contributed by atoms with Gasteiger partial charge in [-0.25, -0.2) is 22.9 Å². The van der Waals surface area contributed by atoms with Crippen LogP contribution in [-0.4, -0.2) is 72.7 Å². The highest BCUT2D eigenvalue weighted by Gasteiger charge is 2.46. The minimum atomic E-state index is -4.74. The van der Waals surface area contributed by atoms with E-state index in [1.54, 1.807) is 0 Å². The average Bonchev–Trinajstić information content (AvgIpc) is 3.03. The summed E-state index contributed by atoms with van der Waals surface area (Å²) in [5.74, 6) is -5.15. The van der Waals surface area contributed by atoms with E-state index in [0.717, 1.165) is 16.6 Å². The van der Waals surface area contributed by atoms with Gasteiger partial charge >= 0.3 is 17.8 Å². The second-order valence-corrected chi connectivity index (χ2v) is 10.7. The number of aromatic nitrogens is 2. The first-order chi connectivity index (χ1) is 21.8. The van der Waals surface area contributed by atoms with Gasteiger partial charge < -0.3 is 24.4 Å². The summed E-state index contributed by atoms with van der Waals surface area (Å²) in [5, 5.41) is 2.22. The Morgan fingerprint density at radius 1 is 1.04 bits per heavy atom. The van der Waals surface area contributed by atoms with E-state index in [0.29, 0.717) is 42.0 Å². The van der Waals surface area contributed by atoms with Crippen LogP contribution in [0.1, 0.15) is 27.2 Å². The van der Waals surface area contributed by atoms with Crippen LogP contribution < -0.4 is 21.5 Å². The van der Waals surface area contributed by atoms with Crippen molar-refractivity contribution in [3.8, 4) is 5.69 Å². The smallest absolute Gasteiger partial charge is 0.411 e. The van der Waals surface area contributed by atoms with Crippen LogP contribution in [0.25, 0.3) is 5.69 Å². The number of alkyl halides is 3. The fourth-order valence-corrected chi connectivity index (χ4v) is 5.53. The molecule has 0 unspecified atom stereocenters. The summed E-state index contributed by atoms with van der Waals surface area (Å²) in [4.78, 5) is 52.4. The number of carbonyl (C=O) groups excluding carboxylic acids is 2. The van der Waals surface area contributed by atoms with Gasteiger partial charge in [0, 0.05) is 37.7 Å². The Labute approximate surface area is 258 Å². The normalized spacial score (nSPS) is 17.3. The highest BCUT2D eigenvalue weighted by Crippen LogP contribution is 2.32. The number of nitrogens with one attached hydrogen (secondary N) is 1. The van der Waals surface area contributed by atoms with Crippen LogP contribution in [0, 0.1) is 11.6 Å². The second-order valence-electron chi connectivity index (χ2n) is 10.7. The van der Waals surface area contributed by atoms with Crippen molar-refractivity contribution in [2.45, 2.75) is 37.7 Å². The van der Waals surface area contributed by atoms with Crippen LogP contribution in [0.3, 0.4) is 0 Å². The molecule has 0 spiro atoms. The fourth-order valence-electron chi connectivity index (χ4n) is 5.53. The number of hydrogen-bond acceptors (Lipinski definition) is 8. The van der Waals surface area contributed by atoms with Crippen molar-refractivity contribution < 1.29 is 45.8 Å². The molecule has 2 aliphatic rings. The molecule has 46 heavy (non-hydrogen) atoms. The van der Waals surface area contributed by atoms with Crippen LogP contribution in [0.4, 0.5) is 27.6 Å². The minimum absolute atomic E-state index is 0.101. The number of morpholine rings is 1. The molecule has 1 aromatic heterocycles. The number of hydrogen-bond donors (Lipinski definition) is 1. The molecular weight excluding hydrogens is 623 g/mol. The molecular formula is C30H29F5N4O7. The number of rotatable bonds is 7. The topological polar surface area (TPSA) is 121 Å². The Balaban J connectivity index is 1.36. The Morgan fingerprint density at radius 3 is 2.35 bits per heavy atom. The fraction of sp³-hybridized carbons (Fsp3) is 0.400. The monoisotopic (exact) mass is 652 g/mol. The largest absolute Gasteiger partial charge is 0.467 e. The number of esters is 1. The Morgan fingerprint density at radius 2 is 1.72 bits per heavy atom. The molecule has 1 N–H and O–H groups in total. The van der Waals surface area contributed by atoms with E-state index in [4.69, 9.17) is 14.2 Å². The summed E-state index contributed by atoms with van der Waals surface area (Å²) in [5.41, 5.74) is -0.952. The standard InChI is InChI=1S/C30H29F5N4O7/c1-37-23-14-45-9-7-19(23)27(41)39(29(37)43)17-5-3-16(4-6-17)11-22(28(42)44-2)36-26(40)25-20(31)12-18(13-21(25)32)38-8-10-46-15-24(38)30(33,34)35/h3-6,12-13,22,24H,7-11,14-15H2,1-2H3,(H,36,40)/t22-,24+/m0/s1. The van der Waals surface area contributed by atoms with Crippen LogP contribution in [0.15, 0.2) is 46.0 Å². The van der Waals surface area contributed by atoms with E-state index in [-0.39, 0.29) is 31.9 Å². The zero-order valence-corrected chi connectivity index (χ0v) is 24.7.